The minimum Gasteiger partial charge on any atom is -0.326 e. The van der Waals surface area contributed by atoms with Crippen molar-refractivity contribution in [3.63, 3.8) is 0 Å². The lowest BCUT2D eigenvalue weighted by Gasteiger charge is -1.99. The van der Waals surface area contributed by atoms with Crippen LogP contribution in [0.4, 0.5) is 8.78 Å². The van der Waals surface area contributed by atoms with E-state index in [0.717, 1.165) is 17.2 Å². The molecule has 0 saturated heterocycles. The topological polar surface area (TPSA) is 67.6 Å². The van der Waals surface area contributed by atoms with Crippen molar-refractivity contribution >= 4 is 0 Å². The van der Waals surface area contributed by atoms with Crippen molar-refractivity contribution in [3.8, 4) is 22.8 Å². The van der Waals surface area contributed by atoms with E-state index in [1.807, 2.05) is 24.3 Å². The molecule has 1 heterocycles. The minimum atomic E-state index is -0.684. The largest absolute Gasteiger partial charge is 0.326 e. The number of nitrogens with two attached hydrogens (primary N) is 1. The van der Waals surface area contributed by atoms with Crippen LogP contribution in [-0.2, 0) is 6.54 Å². The van der Waals surface area contributed by atoms with Gasteiger partial charge in [-0.1, -0.05) is 24.3 Å². The highest BCUT2D eigenvalue weighted by Gasteiger charge is 2.12. The van der Waals surface area contributed by atoms with E-state index in [-0.39, 0.29) is 11.4 Å². The third-order valence-corrected chi connectivity index (χ3v) is 3.12. The number of hydrogen-bond donors (Lipinski definition) is 2. The van der Waals surface area contributed by atoms with Crippen molar-refractivity contribution in [1.82, 2.24) is 15.2 Å². The molecular formula is C15H12F2N4. The Morgan fingerprint density at radius 3 is 2.48 bits per heavy atom. The monoisotopic (exact) mass is 286 g/mol. The maximum atomic E-state index is 13.7. The van der Waals surface area contributed by atoms with Crippen LogP contribution in [0.25, 0.3) is 22.8 Å². The smallest absolute Gasteiger partial charge is 0.181 e. The van der Waals surface area contributed by atoms with Gasteiger partial charge in [-0.3, -0.25) is 5.10 Å². The van der Waals surface area contributed by atoms with Crippen molar-refractivity contribution in [3.05, 3.63) is 59.7 Å². The van der Waals surface area contributed by atoms with Gasteiger partial charge in [0.1, 0.15) is 11.6 Å². The number of aromatic amines is 1. The van der Waals surface area contributed by atoms with Gasteiger partial charge in [-0.05, 0) is 17.7 Å². The van der Waals surface area contributed by atoms with Crippen molar-refractivity contribution in [2.75, 3.05) is 0 Å². The number of halogens is 2. The lowest BCUT2D eigenvalue weighted by molar-refractivity contribution is 0.585. The van der Waals surface area contributed by atoms with Crippen LogP contribution in [0, 0.1) is 11.6 Å². The van der Waals surface area contributed by atoms with Crippen LogP contribution in [0.2, 0.25) is 0 Å². The Bertz CT molecular complexity index is 766. The Morgan fingerprint density at radius 1 is 1.05 bits per heavy atom. The molecule has 3 N–H and O–H groups in total. The van der Waals surface area contributed by atoms with Gasteiger partial charge in [0.2, 0.25) is 0 Å². The molecule has 2 aromatic carbocycles. The summed E-state index contributed by atoms with van der Waals surface area (Å²) in [6, 6.07) is 10.8. The molecule has 21 heavy (non-hydrogen) atoms. The van der Waals surface area contributed by atoms with Crippen LogP contribution < -0.4 is 5.73 Å². The molecule has 3 rings (SSSR count). The van der Waals surface area contributed by atoms with Gasteiger partial charge in [0.05, 0.1) is 5.56 Å². The first-order chi connectivity index (χ1) is 10.2. The number of rotatable bonds is 3. The molecule has 0 unspecified atom stereocenters. The van der Waals surface area contributed by atoms with E-state index < -0.39 is 11.6 Å². The lowest BCUT2D eigenvalue weighted by atomic mass is 10.1. The third kappa shape index (κ3) is 2.66. The van der Waals surface area contributed by atoms with Crippen LogP contribution >= 0.6 is 0 Å². The van der Waals surface area contributed by atoms with Crippen molar-refractivity contribution in [1.29, 1.82) is 0 Å². The molecule has 0 saturated carbocycles. The number of benzene rings is 2. The zero-order valence-electron chi connectivity index (χ0n) is 11.0. The van der Waals surface area contributed by atoms with Gasteiger partial charge in [0, 0.05) is 18.2 Å². The van der Waals surface area contributed by atoms with Gasteiger partial charge in [0.15, 0.2) is 11.6 Å². The zero-order chi connectivity index (χ0) is 14.8. The normalized spacial score (nSPS) is 10.8. The molecule has 0 aliphatic heterocycles. The maximum absolute atomic E-state index is 13.7. The fourth-order valence-electron chi connectivity index (χ4n) is 1.98. The molecular weight excluding hydrogens is 274 g/mol. The Hall–Kier alpha value is -2.60. The standard InChI is InChI=1S/C15H12F2N4/c16-11-5-6-12(13(17)7-11)15-19-14(20-21-15)10-3-1-9(8-18)2-4-10/h1-7H,8,18H2,(H,19,20,21). The molecule has 0 spiro atoms. The molecule has 1 aromatic heterocycles. The zero-order valence-corrected chi connectivity index (χ0v) is 11.0. The summed E-state index contributed by atoms with van der Waals surface area (Å²) >= 11 is 0. The predicted molar refractivity (Wildman–Crippen MR) is 75.1 cm³/mol. The fraction of sp³-hybridized carbons (Fsp3) is 0.0667. The molecule has 0 bridgehead atoms. The van der Waals surface area contributed by atoms with E-state index in [2.05, 4.69) is 15.2 Å². The molecule has 0 aliphatic rings. The Kier molecular flexibility index (Phi) is 3.45. The number of nitrogens with zero attached hydrogens (tertiary/aromatic N) is 2. The summed E-state index contributed by atoms with van der Waals surface area (Å²) in [4.78, 5) is 4.24. The van der Waals surface area contributed by atoms with Crippen molar-refractivity contribution in [2.24, 2.45) is 5.73 Å². The van der Waals surface area contributed by atoms with E-state index in [9.17, 15) is 8.78 Å². The predicted octanol–water partition coefficient (Wildman–Crippen LogP) is 2.88. The van der Waals surface area contributed by atoms with Crippen molar-refractivity contribution in [2.45, 2.75) is 6.54 Å². The summed E-state index contributed by atoms with van der Waals surface area (Å²) in [6.07, 6.45) is 0. The van der Waals surface area contributed by atoms with E-state index in [1.54, 1.807) is 0 Å². The van der Waals surface area contributed by atoms with E-state index >= 15 is 0 Å². The molecule has 4 nitrogen and oxygen atoms in total. The molecule has 0 fully saturated rings. The molecule has 106 valence electrons. The number of hydrogen-bond acceptors (Lipinski definition) is 3. The average Bonchev–Trinajstić information content (AvgIpc) is 2.97. The van der Waals surface area contributed by atoms with Gasteiger partial charge < -0.3 is 5.73 Å². The number of aromatic nitrogens is 3. The van der Waals surface area contributed by atoms with Crippen LogP contribution in [0.1, 0.15) is 5.56 Å². The Labute approximate surface area is 119 Å². The first-order valence-corrected chi connectivity index (χ1v) is 6.34. The Morgan fingerprint density at radius 2 is 1.81 bits per heavy atom. The average molecular weight is 286 g/mol. The molecule has 0 radical (unpaired) electrons. The second kappa shape index (κ2) is 5.41. The maximum Gasteiger partial charge on any atom is 0.181 e. The minimum absolute atomic E-state index is 0.175. The van der Waals surface area contributed by atoms with Gasteiger partial charge in [0.25, 0.3) is 0 Å². The highest BCUT2D eigenvalue weighted by Crippen LogP contribution is 2.23. The first-order valence-electron chi connectivity index (χ1n) is 6.34. The molecule has 0 aliphatic carbocycles. The number of H-pyrrole nitrogens is 1. The summed E-state index contributed by atoms with van der Waals surface area (Å²) in [5, 5.41) is 6.72. The molecule has 3 aromatic rings. The quantitative estimate of drug-likeness (QED) is 0.778. The molecule has 6 heteroatoms. The van der Waals surface area contributed by atoms with Gasteiger partial charge in [-0.25, -0.2) is 13.8 Å². The van der Waals surface area contributed by atoms with Crippen LogP contribution in [-0.4, -0.2) is 15.2 Å². The van der Waals surface area contributed by atoms with Crippen LogP contribution in [0.5, 0.6) is 0 Å². The van der Waals surface area contributed by atoms with Gasteiger partial charge >= 0.3 is 0 Å². The highest BCUT2D eigenvalue weighted by atomic mass is 19.1. The summed E-state index contributed by atoms with van der Waals surface area (Å²) in [6.45, 7) is 0.459. The number of nitrogens with one attached hydrogen (secondary N) is 1. The van der Waals surface area contributed by atoms with E-state index in [4.69, 9.17) is 5.73 Å². The summed E-state index contributed by atoms with van der Waals surface area (Å²) < 4.78 is 26.6. The molecule has 0 atom stereocenters. The van der Waals surface area contributed by atoms with Crippen LogP contribution in [0.3, 0.4) is 0 Å². The summed E-state index contributed by atoms with van der Waals surface area (Å²) in [7, 11) is 0. The highest BCUT2D eigenvalue weighted by molar-refractivity contribution is 5.61. The summed E-state index contributed by atoms with van der Waals surface area (Å²) in [5.41, 5.74) is 7.50. The Balaban J connectivity index is 1.95. The van der Waals surface area contributed by atoms with Gasteiger partial charge in [-0.2, -0.15) is 5.10 Å². The SMILES string of the molecule is NCc1ccc(-c2n[nH]c(-c3ccc(F)cc3F)n2)cc1. The fourth-order valence-corrected chi connectivity index (χ4v) is 1.98. The second-order valence-corrected chi connectivity index (χ2v) is 4.53. The third-order valence-electron chi connectivity index (χ3n) is 3.12. The van der Waals surface area contributed by atoms with Crippen LogP contribution in [0.15, 0.2) is 42.5 Å². The molecule has 0 amide bonds. The van der Waals surface area contributed by atoms with Gasteiger partial charge in [-0.15, -0.1) is 0 Å². The van der Waals surface area contributed by atoms with Crippen molar-refractivity contribution < 1.29 is 8.78 Å². The first kappa shape index (κ1) is 13.4. The van der Waals surface area contributed by atoms with E-state index in [1.165, 1.54) is 12.1 Å². The lowest BCUT2D eigenvalue weighted by Crippen LogP contribution is -1.95. The van der Waals surface area contributed by atoms with E-state index in [0.29, 0.717) is 12.4 Å². The second-order valence-electron chi connectivity index (χ2n) is 4.53. The summed E-state index contributed by atoms with van der Waals surface area (Å²) in [5.74, 6) is -0.618.